The molecule has 0 radical (unpaired) electrons. The zero-order valence-electron chi connectivity index (χ0n) is 10.1. The molecule has 102 valence electrons. The number of carbonyl (C=O) groups is 1. The molecule has 0 amide bonds. The molecule has 0 aromatic carbocycles. The van der Waals surface area contributed by atoms with Gasteiger partial charge in [0, 0.05) is 0 Å². The van der Waals surface area contributed by atoms with Gasteiger partial charge >= 0.3 is 5.97 Å². The first kappa shape index (κ1) is 14.3. The molecule has 19 heavy (non-hydrogen) atoms. The van der Waals surface area contributed by atoms with Crippen molar-refractivity contribution in [3.63, 3.8) is 0 Å². The van der Waals surface area contributed by atoms with Gasteiger partial charge in [0.25, 0.3) is 5.56 Å². The van der Waals surface area contributed by atoms with Crippen LogP contribution in [0, 0.1) is 6.92 Å². The number of hydrogen-bond acceptors (Lipinski definition) is 5. The first-order chi connectivity index (χ1) is 8.95. The molecule has 0 saturated carbocycles. The number of nitrogens with zero attached hydrogens (tertiary/aromatic N) is 1. The molecule has 1 N–H and O–H groups in total. The highest BCUT2D eigenvalue weighted by Gasteiger charge is 2.21. The summed E-state index contributed by atoms with van der Waals surface area (Å²) in [4.78, 5) is 30.2. The number of ether oxygens (including phenoxy) is 1. The van der Waals surface area contributed by atoms with E-state index in [0.29, 0.717) is 20.7 Å². The Hall–Kier alpha value is -1.11. The molecule has 5 nitrogen and oxygen atoms in total. The average Bonchev–Trinajstić information content (AvgIpc) is 2.67. The Kier molecular flexibility index (Phi) is 4.13. The molecule has 0 aliphatic rings. The first-order valence-electron chi connectivity index (χ1n) is 5.44. The van der Waals surface area contributed by atoms with Gasteiger partial charge < -0.3 is 9.72 Å². The molecule has 0 aliphatic carbocycles. The Bertz CT molecular complexity index is 693. The number of aromatic nitrogens is 2. The molecule has 8 heteroatoms. The van der Waals surface area contributed by atoms with Crippen LogP contribution in [0.3, 0.4) is 0 Å². The average molecular weight is 321 g/mol. The van der Waals surface area contributed by atoms with E-state index in [4.69, 9.17) is 27.9 Å². The first-order valence-corrected chi connectivity index (χ1v) is 7.13. The second-order valence-corrected chi connectivity index (χ2v) is 5.80. The van der Waals surface area contributed by atoms with Crippen LogP contribution >= 0.6 is 34.5 Å². The van der Waals surface area contributed by atoms with Crippen molar-refractivity contribution in [1.82, 2.24) is 9.97 Å². The monoisotopic (exact) mass is 320 g/mol. The van der Waals surface area contributed by atoms with E-state index in [2.05, 4.69) is 9.97 Å². The van der Waals surface area contributed by atoms with Crippen molar-refractivity contribution < 1.29 is 9.53 Å². The fourth-order valence-electron chi connectivity index (χ4n) is 1.66. The molecule has 2 heterocycles. The number of alkyl halides is 2. The van der Waals surface area contributed by atoms with Crippen LogP contribution in [-0.4, -0.2) is 22.5 Å². The SMILES string of the molecule is CCOC(=O)c1sc2nc(C(Cl)Cl)[nH]c(=O)c2c1C. The normalized spacial score (nSPS) is 11.2. The van der Waals surface area contributed by atoms with Gasteiger partial charge in [-0.1, -0.05) is 23.2 Å². The van der Waals surface area contributed by atoms with Gasteiger partial charge in [-0.3, -0.25) is 4.79 Å². The van der Waals surface area contributed by atoms with E-state index in [-0.39, 0.29) is 18.0 Å². The Balaban J connectivity index is 2.66. The Morgan fingerprint density at radius 1 is 1.53 bits per heavy atom. The van der Waals surface area contributed by atoms with E-state index in [0.717, 1.165) is 11.3 Å². The number of esters is 1. The molecule has 0 unspecified atom stereocenters. The third-order valence-corrected chi connectivity index (χ3v) is 4.07. The minimum Gasteiger partial charge on any atom is -0.462 e. The van der Waals surface area contributed by atoms with Crippen LogP contribution in [0.15, 0.2) is 4.79 Å². The largest absolute Gasteiger partial charge is 0.462 e. The number of aromatic amines is 1. The van der Waals surface area contributed by atoms with Gasteiger partial charge in [0.2, 0.25) is 0 Å². The van der Waals surface area contributed by atoms with E-state index in [1.807, 2.05) is 0 Å². The quantitative estimate of drug-likeness (QED) is 0.697. The molecule has 2 aromatic rings. The molecule has 0 atom stereocenters. The summed E-state index contributed by atoms with van der Waals surface area (Å²) in [6, 6.07) is 0. The topological polar surface area (TPSA) is 72.0 Å². The number of hydrogen-bond donors (Lipinski definition) is 1. The number of aryl methyl sites for hydroxylation is 1. The van der Waals surface area contributed by atoms with Crippen LogP contribution in [-0.2, 0) is 4.74 Å². The molecular formula is C11H10Cl2N2O3S. The van der Waals surface area contributed by atoms with Gasteiger partial charge in [0.15, 0.2) is 4.84 Å². The lowest BCUT2D eigenvalue weighted by Crippen LogP contribution is -2.11. The molecule has 0 saturated heterocycles. The lowest BCUT2D eigenvalue weighted by molar-refractivity contribution is 0.0531. The number of thiophene rings is 1. The smallest absolute Gasteiger partial charge is 0.348 e. The summed E-state index contributed by atoms with van der Waals surface area (Å²) in [6.07, 6.45) is 0. The molecule has 0 spiro atoms. The molecule has 0 aliphatic heterocycles. The predicted molar refractivity (Wildman–Crippen MR) is 75.4 cm³/mol. The van der Waals surface area contributed by atoms with Gasteiger partial charge in [-0.2, -0.15) is 0 Å². The minimum absolute atomic E-state index is 0.164. The number of H-pyrrole nitrogens is 1. The number of nitrogens with one attached hydrogen (secondary N) is 1. The Labute approximate surface area is 122 Å². The van der Waals surface area contributed by atoms with Crippen LogP contribution in [0.25, 0.3) is 10.2 Å². The fourth-order valence-corrected chi connectivity index (χ4v) is 2.94. The van der Waals surface area contributed by atoms with Crippen molar-refractivity contribution in [2.24, 2.45) is 0 Å². The summed E-state index contributed by atoms with van der Waals surface area (Å²) >= 11 is 12.5. The van der Waals surface area contributed by atoms with Crippen LogP contribution in [0.2, 0.25) is 0 Å². The van der Waals surface area contributed by atoms with E-state index in [1.54, 1.807) is 13.8 Å². The van der Waals surface area contributed by atoms with Crippen molar-refractivity contribution in [3.05, 3.63) is 26.6 Å². The summed E-state index contributed by atoms with van der Waals surface area (Å²) in [5.41, 5.74) is 0.190. The van der Waals surface area contributed by atoms with Crippen molar-refractivity contribution in [3.8, 4) is 0 Å². The molecule has 0 fully saturated rings. The predicted octanol–water partition coefficient (Wildman–Crippen LogP) is 2.95. The van der Waals surface area contributed by atoms with E-state index in [9.17, 15) is 9.59 Å². The molecule has 2 aromatic heterocycles. The van der Waals surface area contributed by atoms with Gasteiger partial charge in [-0.25, -0.2) is 9.78 Å². The maximum absolute atomic E-state index is 12.0. The Morgan fingerprint density at radius 3 is 2.79 bits per heavy atom. The van der Waals surface area contributed by atoms with E-state index >= 15 is 0 Å². The highest BCUT2D eigenvalue weighted by atomic mass is 35.5. The van der Waals surface area contributed by atoms with Crippen molar-refractivity contribution >= 4 is 50.7 Å². The standard InChI is InChI=1S/C11H10Cl2N2O3S/c1-3-18-11(17)6-4(2)5-9(16)14-8(7(12)13)15-10(5)19-6/h7H,3H2,1-2H3,(H,14,15,16). The van der Waals surface area contributed by atoms with Gasteiger partial charge in [0.05, 0.1) is 12.0 Å². The summed E-state index contributed by atoms with van der Waals surface area (Å²) in [5, 5.41) is 0.366. The lowest BCUT2D eigenvalue weighted by atomic mass is 10.2. The van der Waals surface area contributed by atoms with Gasteiger partial charge in [0.1, 0.15) is 15.5 Å². The number of rotatable bonds is 3. The highest BCUT2D eigenvalue weighted by molar-refractivity contribution is 7.20. The van der Waals surface area contributed by atoms with Crippen molar-refractivity contribution in [2.75, 3.05) is 6.61 Å². The maximum Gasteiger partial charge on any atom is 0.348 e. The number of fused-ring (bicyclic) bond motifs is 1. The third-order valence-electron chi connectivity index (χ3n) is 2.49. The number of halogens is 2. The Morgan fingerprint density at radius 2 is 2.21 bits per heavy atom. The zero-order valence-corrected chi connectivity index (χ0v) is 12.4. The highest BCUT2D eigenvalue weighted by Crippen LogP contribution is 2.29. The maximum atomic E-state index is 12.0. The summed E-state index contributed by atoms with van der Waals surface area (Å²) < 4.78 is 4.94. The van der Waals surface area contributed by atoms with Crippen molar-refractivity contribution in [2.45, 2.75) is 18.7 Å². The van der Waals surface area contributed by atoms with Crippen LogP contribution < -0.4 is 5.56 Å². The molecule has 0 bridgehead atoms. The zero-order chi connectivity index (χ0) is 14.2. The van der Waals surface area contributed by atoms with Crippen LogP contribution in [0.4, 0.5) is 0 Å². The second-order valence-electron chi connectivity index (χ2n) is 3.71. The van der Waals surface area contributed by atoms with Gasteiger partial charge in [-0.15, -0.1) is 11.3 Å². The van der Waals surface area contributed by atoms with E-state index in [1.165, 1.54) is 0 Å². The summed E-state index contributed by atoms with van der Waals surface area (Å²) in [6.45, 7) is 3.67. The fraction of sp³-hybridized carbons (Fsp3) is 0.364. The molecule has 2 rings (SSSR count). The van der Waals surface area contributed by atoms with Crippen molar-refractivity contribution in [1.29, 1.82) is 0 Å². The third kappa shape index (κ3) is 2.61. The molecular weight excluding hydrogens is 311 g/mol. The van der Waals surface area contributed by atoms with Crippen LogP contribution in [0.1, 0.15) is 32.8 Å². The van der Waals surface area contributed by atoms with E-state index < -0.39 is 10.8 Å². The lowest BCUT2D eigenvalue weighted by Gasteiger charge is -2.00. The number of carbonyl (C=O) groups excluding carboxylic acids is 1. The summed E-state index contributed by atoms with van der Waals surface area (Å²) in [7, 11) is 0. The van der Waals surface area contributed by atoms with Gasteiger partial charge in [-0.05, 0) is 19.4 Å². The summed E-state index contributed by atoms with van der Waals surface area (Å²) in [5.74, 6) is -0.297. The second kappa shape index (κ2) is 5.48. The minimum atomic E-state index is -0.925. The van der Waals surface area contributed by atoms with Crippen LogP contribution in [0.5, 0.6) is 0 Å².